The van der Waals surface area contributed by atoms with Gasteiger partial charge in [-0.1, -0.05) is 20.3 Å². The van der Waals surface area contributed by atoms with Gasteiger partial charge in [-0.05, 0) is 18.8 Å². The molecule has 2 heteroatoms. The molecule has 11 heavy (non-hydrogen) atoms. The van der Waals surface area contributed by atoms with E-state index in [1.54, 1.807) is 0 Å². The smallest absolute Gasteiger partial charge is 0.0492 e. The molecule has 1 N–H and O–H groups in total. The zero-order valence-electron chi connectivity index (χ0n) is 7.68. The molecule has 0 amide bonds. The summed E-state index contributed by atoms with van der Waals surface area (Å²) >= 11 is 0. The summed E-state index contributed by atoms with van der Waals surface area (Å²) in [7, 11) is 0. The largest absolute Gasteiger partial charge is 0.396 e. The Morgan fingerprint density at radius 3 is 2.73 bits per heavy atom. The lowest BCUT2D eigenvalue weighted by atomic mass is 10.1. The summed E-state index contributed by atoms with van der Waals surface area (Å²) in [5, 5.41) is 8.58. The summed E-state index contributed by atoms with van der Waals surface area (Å²) in [6.45, 7) is 6.19. The number of hydrogen-bond donors (Lipinski definition) is 1. The molecule has 1 unspecified atom stereocenters. The molecule has 0 aliphatic heterocycles. The minimum Gasteiger partial charge on any atom is -0.396 e. The van der Waals surface area contributed by atoms with E-state index in [4.69, 9.17) is 9.84 Å². The van der Waals surface area contributed by atoms with Crippen LogP contribution >= 0.6 is 0 Å². The topological polar surface area (TPSA) is 29.5 Å². The summed E-state index contributed by atoms with van der Waals surface area (Å²) in [4.78, 5) is 0. The highest BCUT2D eigenvalue weighted by molar-refractivity contribution is 4.49. The van der Waals surface area contributed by atoms with Crippen LogP contribution in [0, 0.1) is 5.92 Å². The van der Waals surface area contributed by atoms with E-state index in [0.29, 0.717) is 5.92 Å². The van der Waals surface area contributed by atoms with Crippen LogP contribution in [0.5, 0.6) is 0 Å². The average Bonchev–Trinajstić information content (AvgIpc) is 1.99. The van der Waals surface area contributed by atoms with Gasteiger partial charge in [-0.2, -0.15) is 0 Å². The van der Waals surface area contributed by atoms with Crippen LogP contribution in [0.25, 0.3) is 0 Å². The zero-order valence-corrected chi connectivity index (χ0v) is 7.68. The van der Waals surface area contributed by atoms with Crippen LogP contribution in [0.3, 0.4) is 0 Å². The summed E-state index contributed by atoms with van der Waals surface area (Å²) in [5.41, 5.74) is 0. The lowest BCUT2D eigenvalue weighted by Gasteiger charge is -2.09. The van der Waals surface area contributed by atoms with Crippen molar-refractivity contribution in [3.63, 3.8) is 0 Å². The molecule has 0 rings (SSSR count). The van der Waals surface area contributed by atoms with Gasteiger partial charge in [0, 0.05) is 19.8 Å². The first-order valence-electron chi connectivity index (χ1n) is 4.49. The average molecular weight is 160 g/mol. The normalized spacial score (nSPS) is 13.4. The van der Waals surface area contributed by atoms with Crippen molar-refractivity contribution in [2.45, 2.75) is 33.1 Å². The molecule has 0 aromatic carbocycles. The van der Waals surface area contributed by atoms with Crippen molar-refractivity contribution in [3.8, 4) is 0 Å². The van der Waals surface area contributed by atoms with E-state index in [0.717, 1.165) is 26.1 Å². The monoisotopic (exact) mass is 160 g/mol. The maximum Gasteiger partial charge on any atom is 0.0492 e. The van der Waals surface area contributed by atoms with Crippen LogP contribution in [0.4, 0.5) is 0 Å². The Labute approximate surface area is 69.6 Å². The molecule has 68 valence electrons. The Kier molecular flexibility index (Phi) is 7.96. The fraction of sp³-hybridized carbons (Fsp3) is 1.00. The van der Waals surface area contributed by atoms with Crippen molar-refractivity contribution in [2.24, 2.45) is 5.92 Å². The molecule has 2 nitrogen and oxygen atoms in total. The highest BCUT2D eigenvalue weighted by atomic mass is 16.5. The minimum absolute atomic E-state index is 0.276. The third-order valence-electron chi connectivity index (χ3n) is 1.67. The van der Waals surface area contributed by atoms with E-state index in [1.807, 2.05) is 0 Å². The molecule has 0 fully saturated rings. The van der Waals surface area contributed by atoms with Gasteiger partial charge in [-0.3, -0.25) is 0 Å². The van der Waals surface area contributed by atoms with Crippen LogP contribution in [0.2, 0.25) is 0 Å². The molecule has 0 aromatic heterocycles. The Bertz CT molecular complexity index is 74.0. The Morgan fingerprint density at radius 1 is 1.45 bits per heavy atom. The van der Waals surface area contributed by atoms with E-state index >= 15 is 0 Å². The number of aliphatic hydroxyl groups is 1. The lowest BCUT2D eigenvalue weighted by Crippen LogP contribution is -2.08. The second kappa shape index (κ2) is 8.02. The predicted molar refractivity (Wildman–Crippen MR) is 46.6 cm³/mol. The molecule has 0 aliphatic rings. The molecule has 0 saturated heterocycles. The molecule has 0 heterocycles. The number of aliphatic hydroxyl groups excluding tert-OH is 1. The fourth-order valence-electron chi connectivity index (χ4n) is 0.835. The number of ether oxygens (including phenoxy) is 1. The fourth-order valence-corrected chi connectivity index (χ4v) is 0.835. The maximum atomic E-state index is 8.58. The molecule has 0 saturated carbocycles. The van der Waals surface area contributed by atoms with Gasteiger partial charge in [0.2, 0.25) is 0 Å². The zero-order chi connectivity index (χ0) is 8.53. The van der Waals surface area contributed by atoms with E-state index in [-0.39, 0.29) is 6.61 Å². The Balaban J connectivity index is 2.97. The summed E-state index contributed by atoms with van der Waals surface area (Å²) in [5.74, 6) is 0.497. The van der Waals surface area contributed by atoms with Crippen LogP contribution in [0.15, 0.2) is 0 Å². The molecule has 0 aromatic rings. The number of unbranched alkanes of at least 4 members (excludes halogenated alkanes) is 1. The Morgan fingerprint density at radius 2 is 2.18 bits per heavy atom. The molecule has 0 spiro atoms. The van der Waals surface area contributed by atoms with Gasteiger partial charge in [-0.25, -0.2) is 0 Å². The SMILES string of the molecule is CCCCOCC(C)CCO. The minimum atomic E-state index is 0.276. The molecular weight excluding hydrogens is 140 g/mol. The van der Waals surface area contributed by atoms with E-state index < -0.39 is 0 Å². The molecule has 0 bridgehead atoms. The van der Waals surface area contributed by atoms with E-state index in [2.05, 4.69) is 13.8 Å². The number of rotatable bonds is 7. The lowest BCUT2D eigenvalue weighted by molar-refractivity contribution is 0.0922. The summed E-state index contributed by atoms with van der Waals surface area (Å²) in [6.07, 6.45) is 3.19. The molecular formula is C9H20O2. The van der Waals surface area contributed by atoms with Crippen LogP contribution in [-0.4, -0.2) is 24.9 Å². The van der Waals surface area contributed by atoms with Gasteiger partial charge in [0.1, 0.15) is 0 Å². The van der Waals surface area contributed by atoms with Crippen molar-refractivity contribution >= 4 is 0 Å². The van der Waals surface area contributed by atoms with Gasteiger partial charge in [0.15, 0.2) is 0 Å². The quantitative estimate of drug-likeness (QED) is 0.576. The van der Waals surface area contributed by atoms with Crippen molar-refractivity contribution in [3.05, 3.63) is 0 Å². The summed E-state index contributed by atoms with van der Waals surface area (Å²) in [6, 6.07) is 0. The number of hydrogen-bond acceptors (Lipinski definition) is 2. The van der Waals surface area contributed by atoms with Gasteiger partial charge in [0.05, 0.1) is 0 Å². The van der Waals surface area contributed by atoms with Gasteiger partial charge >= 0.3 is 0 Å². The first-order valence-corrected chi connectivity index (χ1v) is 4.49. The van der Waals surface area contributed by atoms with Gasteiger partial charge in [-0.15, -0.1) is 0 Å². The van der Waals surface area contributed by atoms with Crippen molar-refractivity contribution in [1.29, 1.82) is 0 Å². The van der Waals surface area contributed by atoms with Gasteiger partial charge < -0.3 is 9.84 Å². The molecule has 0 radical (unpaired) electrons. The van der Waals surface area contributed by atoms with Crippen LogP contribution in [-0.2, 0) is 4.74 Å². The first-order chi connectivity index (χ1) is 5.31. The van der Waals surface area contributed by atoms with Crippen LogP contribution < -0.4 is 0 Å². The van der Waals surface area contributed by atoms with Crippen molar-refractivity contribution < 1.29 is 9.84 Å². The van der Waals surface area contributed by atoms with Gasteiger partial charge in [0.25, 0.3) is 0 Å². The second-order valence-electron chi connectivity index (χ2n) is 3.05. The van der Waals surface area contributed by atoms with E-state index in [9.17, 15) is 0 Å². The molecule has 0 aliphatic carbocycles. The maximum absolute atomic E-state index is 8.58. The highest BCUT2D eigenvalue weighted by Gasteiger charge is 1.99. The predicted octanol–water partition coefficient (Wildman–Crippen LogP) is 1.82. The third-order valence-corrected chi connectivity index (χ3v) is 1.67. The summed E-state index contributed by atoms with van der Waals surface area (Å²) < 4.78 is 5.38. The van der Waals surface area contributed by atoms with Crippen molar-refractivity contribution in [2.75, 3.05) is 19.8 Å². The first kappa shape index (κ1) is 10.9. The second-order valence-corrected chi connectivity index (χ2v) is 3.05. The molecule has 1 atom stereocenters. The Hall–Kier alpha value is -0.0800. The highest BCUT2D eigenvalue weighted by Crippen LogP contribution is 2.01. The van der Waals surface area contributed by atoms with E-state index in [1.165, 1.54) is 6.42 Å². The third kappa shape index (κ3) is 7.82. The van der Waals surface area contributed by atoms with Crippen molar-refractivity contribution in [1.82, 2.24) is 0 Å². The van der Waals surface area contributed by atoms with Crippen LogP contribution in [0.1, 0.15) is 33.1 Å². The standard InChI is InChI=1S/C9H20O2/c1-3-4-7-11-8-9(2)5-6-10/h9-10H,3-8H2,1-2H3.